The van der Waals surface area contributed by atoms with Crippen LogP contribution in [0.25, 0.3) is 0 Å². The average Bonchev–Trinajstić information content (AvgIpc) is 3.22. The quantitative estimate of drug-likeness (QED) is 0.197. The Kier molecular flexibility index (Phi) is 7.41. The molecular weight excluding hydrogens is 514 g/mol. The van der Waals surface area contributed by atoms with Crippen molar-refractivity contribution in [3.63, 3.8) is 0 Å². The van der Waals surface area contributed by atoms with E-state index in [0.717, 1.165) is 6.42 Å². The zero-order valence-electron chi connectivity index (χ0n) is 21.7. The zero-order valence-corrected chi connectivity index (χ0v) is 21.7. The van der Waals surface area contributed by atoms with Gasteiger partial charge in [-0.2, -0.15) is 0 Å². The number of nitro groups is 1. The van der Waals surface area contributed by atoms with Crippen molar-refractivity contribution in [3.8, 4) is 0 Å². The van der Waals surface area contributed by atoms with Crippen LogP contribution in [-0.2, 0) is 19.1 Å². The van der Waals surface area contributed by atoms with Crippen molar-refractivity contribution in [1.29, 1.82) is 0 Å². The molecule has 1 N–H and O–H groups in total. The number of imide groups is 1. The van der Waals surface area contributed by atoms with E-state index in [-0.39, 0.29) is 46.5 Å². The average molecular weight is 542 g/mol. The van der Waals surface area contributed by atoms with E-state index in [1.165, 1.54) is 52.9 Å². The third-order valence-electron chi connectivity index (χ3n) is 7.58. The Labute approximate surface area is 230 Å². The molecule has 0 unspecified atom stereocenters. The summed E-state index contributed by atoms with van der Waals surface area (Å²) in [6.07, 6.45) is 2.11. The van der Waals surface area contributed by atoms with Crippen molar-refractivity contribution < 1.29 is 28.8 Å². The molecule has 2 fully saturated rings. The number of esters is 1. The molecule has 3 atom stereocenters. The topological polar surface area (TPSA) is 136 Å². The summed E-state index contributed by atoms with van der Waals surface area (Å²) in [5.41, 5.74) is 2.22. The van der Waals surface area contributed by atoms with Gasteiger partial charge in [0.05, 0.1) is 28.0 Å². The lowest BCUT2D eigenvalue weighted by molar-refractivity contribution is -0.385. The van der Waals surface area contributed by atoms with E-state index in [2.05, 4.69) is 17.4 Å². The molecule has 0 radical (unpaired) electrons. The van der Waals surface area contributed by atoms with E-state index >= 15 is 0 Å². The number of carbonyl (C=O) groups is 4. The van der Waals surface area contributed by atoms with Crippen LogP contribution >= 0.6 is 0 Å². The lowest BCUT2D eigenvalue weighted by Gasteiger charge is -2.28. The van der Waals surface area contributed by atoms with Gasteiger partial charge in [0.15, 0.2) is 6.61 Å². The standard InChI is InChI=1S/C30H27N3O7/c1-18-7-11-22(16-26(18)33(38)39)31-27(34)17-40-30(37)20-8-12-23(13-9-20)32-28(35)24-14-10-21(15-25(24)29(32)36)19-5-3-2-4-6-19/h2-9,11-13,16,21,24-25H,10,14-15,17H2,1H3,(H,31,34)/t21-,24+,25+/m0/s1. The minimum Gasteiger partial charge on any atom is -0.452 e. The van der Waals surface area contributed by atoms with Gasteiger partial charge in [-0.3, -0.25) is 29.4 Å². The molecule has 3 amide bonds. The highest BCUT2D eigenvalue weighted by atomic mass is 16.6. The zero-order chi connectivity index (χ0) is 28.4. The first-order valence-corrected chi connectivity index (χ1v) is 13.0. The second kappa shape index (κ2) is 11.1. The first kappa shape index (κ1) is 26.7. The molecule has 1 saturated carbocycles. The number of hydrogen-bond acceptors (Lipinski definition) is 7. The first-order valence-electron chi connectivity index (χ1n) is 13.0. The summed E-state index contributed by atoms with van der Waals surface area (Å²) in [6.45, 7) is 0.984. The minimum atomic E-state index is -0.768. The summed E-state index contributed by atoms with van der Waals surface area (Å²) in [6, 6.07) is 20.2. The number of rotatable bonds is 7. The number of aryl methyl sites for hydroxylation is 1. The van der Waals surface area contributed by atoms with Gasteiger partial charge in [0, 0.05) is 17.3 Å². The van der Waals surface area contributed by atoms with E-state index in [9.17, 15) is 29.3 Å². The number of carbonyl (C=O) groups excluding carboxylic acids is 4. The molecule has 10 heteroatoms. The van der Waals surface area contributed by atoms with Gasteiger partial charge >= 0.3 is 5.97 Å². The predicted octanol–water partition coefficient (Wildman–Crippen LogP) is 4.77. The van der Waals surface area contributed by atoms with Crippen molar-refractivity contribution in [2.75, 3.05) is 16.8 Å². The number of nitro benzene ring substituents is 1. The van der Waals surface area contributed by atoms with Gasteiger partial charge in [0.25, 0.3) is 11.6 Å². The van der Waals surface area contributed by atoms with Crippen LogP contribution in [0.4, 0.5) is 17.1 Å². The Morgan fingerprint density at radius 2 is 1.68 bits per heavy atom. The summed E-state index contributed by atoms with van der Waals surface area (Å²) >= 11 is 0. The van der Waals surface area contributed by atoms with Gasteiger partial charge in [0.1, 0.15) is 0 Å². The summed E-state index contributed by atoms with van der Waals surface area (Å²) in [7, 11) is 0. The normalized spacial score (nSPS) is 20.1. The van der Waals surface area contributed by atoms with Crippen LogP contribution in [0.5, 0.6) is 0 Å². The monoisotopic (exact) mass is 541 g/mol. The molecule has 204 valence electrons. The van der Waals surface area contributed by atoms with Crippen molar-refractivity contribution in [2.24, 2.45) is 11.8 Å². The molecule has 2 aliphatic rings. The number of amides is 3. The number of nitrogens with zero attached hydrogens (tertiary/aromatic N) is 2. The third kappa shape index (κ3) is 5.33. The number of ether oxygens (including phenoxy) is 1. The molecule has 3 aromatic carbocycles. The van der Waals surface area contributed by atoms with Crippen LogP contribution in [0.15, 0.2) is 72.8 Å². The molecular formula is C30H27N3O7. The Morgan fingerprint density at radius 1 is 0.975 bits per heavy atom. The molecule has 5 rings (SSSR count). The van der Waals surface area contributed by atoms with Crippen molar-refractivity contribution in [1.82, 2.24) is 0 Å². The van der Waals surface area contributed by atoms with Gasteiger partial charge in [0.2, 0.25) is 11.8 Å². The molecule has 1 aliphatic heterocycles. The lowest BCUT2D eigenvalue weighted by Crippen LogP contribution is -2.30. The molecule has 10 nitrogen and oxygen atoms in total. The van der Waals surface area contributed by atoms with Gasteiger partial charge in [-0.25, -0.2) is 4.79 Å². The largest absolute Gasteiger partial charge is 0.452 e. The van der Waals surface area contributed by atoms with Gasteiger partial charge in [-0.15, -0.1) is 0 Å². The van der Waals surface area contributed by atoms with Crippen LogP contribution in [0, 0.1) is 28.9 Å². The van der Waals surface area contributed by atoms with Crippen LogP contribution < -0.4 is 10.2 Å². The van der Waals surface area contributed by atoms with Gasteiger partial charge < -0.3 is 10.1 Å². The molecule has 3 aromatic rings. The molecule has 0 spiro atoms. The SMILES string of the molecule is Cc1ccc(NC(=O)COC(=O)c2ccc(N3C(=O)[C@@H]4CC[C@H](c5ccccc5)C[C@H]4C3=O)cc2)cc1[N+](=O)[O-]. The molecule has 1 heterocycles. The van der Waals surface area contributed by atoms with E-state index in [1.807, 2.05) is 18.2 Å². The predicted molar refractivity (Wildman–Crippen MR) is 146 cm³/mol. The maximum Gasteiger partial charge on any atom is 0.338 e. The fraction of sp³-hybridized carbons (Fsp3) is 0.267. The molecule has 1 aliphatic carbocycles. The van der Waals surface area contributed by atoms with Gasteiger partial charge in [-0.1, -0.05) is 36.4 Å². The minimum absolute atomic E-state index is 0.139. The molecule has 0 aromatic heterocycles. The molecule has 40 heavy (non-hydrogen) atoms. The summed E-state index contributed by atoms with van der Waals surface area (Å²) in [5.74, 6) is -2.35. The summed E-state index contributed by atoms with van der Waals surface area (Å²) < 4.78 is 5.07. The second-order valence-electron chi connectivity index (χ2n) is 10.1. The fourth-order valence-electron chi connectivity index (χ4n) is 5.50. The van der Waals surface area contributed by atoms with E-state index < -0.39 is 23.4 Å². The number of fused-ring (bicyclic) bond motifs is 1. The van der Waals surface area contributed by atoms with Crippen LogP contribution in [-0.4, -0.2) is 35.2 Å². The van der Waals surface area contributed by atoms with E-state index in [4.69, 9.17) is 4.74 Å². The highest BCUT2D eigenvalue weighted by Gasteiger charge is 2.50. The van der Waals surface area contributed by atoms with Crippen molar-refractivity contribution >= 4 is 40.8 Å². The number of benzene rings is 3. The van der Waals surface area contributed by atoms with Crippen molar-refractivity contribution in [3.05, 3.63) is 99.6 Å². The second-order valence-corrected chi connectivity index (χ2v) is 10.1. The van der Waals surface area contributed by atoms with Gasteiger partial charge in [-0.05, 0) is 68.0 Å². The Bertz CT molecular complexity index is 1490. The van der Waals surface area contributed by atoms with Crippen LogP contribution in [0.3, 0.4) is 0 Å². The number of hydrogen-bond donors (Lipinski definition) is 1. The molecule has 0 bridgehead atoms. The van der Waals surface area contributed by atoms with Crippen LogP contribution in [0.2, 0.25) is 0 Å². The first-order chi connectivity index (χ1) is 19.2. The van der Waals surface area contributed by atoms with E-state index in [0.29, 0.717) is 24.1 Å². The fourth-order valence-corrected chi connectivity index (χ4v) is 5.50. The maximum atomic E-state index is 13.3. The number of nitrogens with one attached hydrogen (secondary N) is 1. The Hall–Kier alpha value is -4.86. The Morgan fingerprint density at radius 3 is 2.38 bits per heavy atom. The summed E-state index contributed by atoms with van der Waals surface area (Å²) in [5, 5.41) is 13.6. The third-order valence-corrected chi connectivity index (χ3v) is 7.58. The summed E-state index contributed by atoms with van der Waals surface area (Å²) in [4.78, 5) is 62.9. The van der Waals surface area contributed by atoms with E-state index in [1.54, 1.807) is 6.92 Å². The lowest BCUT2D eigenvalue weighted by atomic mass is 9.73. The van der Waals surface area contributed by atoms with Crippen molar-refractivity contribution in [2.45, 2.75) is 32.1 Å². The number of anilines is 2. The maximum absolute atomic E-state index is 13.3. The Balaban J connectivity index is 1.19. The van der Waals surface area contributed by atoms with Crippen LogP contribution in [0.1, 0.15) is 46.7 Å². The highest BCUT2D eigenvalue weighted by molar-refractivity contribution is 6.22. The smallest absolute Gasteiger partial charge is 0.338 e. The highest BCUT2D eigenvalue weighted by Crippen LogP contribution is 2.45. The molecule has 1 saturated heterocycles.